The first-order valence-corrected chi connectivity index (χ1v) is 8.12. The molecular weight excluding hydrogens is 364 g/mol. The van der Waals surface area contributed by atoms with E-state index in [9.17, 15) is 21.6 Å². The Labute approximate surface area is 138 Å². The van der Waals surface area contributed by atoms with Crippen LogP contribution in [0.3, 0.4) is 0 Å². The molecule has 0 aromatic heterocycles. The third kappa shape index (κ3) is 4.26. The average molecular weight is 379 g/mol. The van der Waals surface area contributed by atoms with E-state index in [0.717, 1.165) is 16.4 Å². The summed E-state index contributed by atoms with van der Waals surface area (Å²) in [6.45, 7) is 1.38. The second kappa shape index (κ2) is 7.35. The van der Waals surface area contributed by atoms with Crippen molar-refractivity contribution in [2.75, 3.05) is 26.2 Å². The van der Waals surface area contributed by atoms with Crippen molar-refractivity contribution in [3.63, 3.8) is 0 Å². The van der Waals surface area contributed by atoms with Crippen molar-refractivity contribution < 1.29 is 21.6 Å². The van der Waals surface area contributed by atoms with Crippen LogP contribution in [0.4, 0.5) is 13.2 Å². The lowest BCUT2D eigenvalue weighted by Crippen LogP contribution is -2.35. The summed E-state index contributed by atoms with van der Waals surface area (Å²) in [6, 6.07) is 2.71. The first-order valence-electron chi connectivity index (χ1n) is 6.30. The molecule has 1 heterocycles. The zero-order valence-electron chi connectivity index (χ0n) is 11.4. The summed E-state index contributed by atoms with van der Waals surface area (Å²) in [5.41, 5.74) is -1.23. The number of halogens is 5. The molecule has 1 N–H and O–H groups in total. The molecule has 0 spiro atoms. The zero-order chi connectivity index (χ0) is 15.7. The van der Waals surface area contributed by atoms with Crippen molar-refractivity contribution in [3.8, 4) is 0 Å². The van der Waals surface area contributed by atoms with Gasteiger partial charge in [-0.1, -0.05) is 11.6 Å². The summed E-state index contributed by atoms with van der Waals surface area (Å²) in [7, 11) is -4.20. The van der Waals surface area contributed by atoms with Gasteiger partial charge in [0.2, 0.25) is 10.0 Å². The van der Waals surface area contributed by atoms with E-state index in [1.54, 1.807) is 0 Å². The van der Waals surface area contributed by atoms with E-state index in [1.165, 1.54) is 0 Å². The molecular formula is C12H15Cl2F3N2O2S. The molecule has 1 saturated heterocycles. The van der Waals surface area contributed by atoms with Crippen LogP contribution in [0, 0.1) is 0 Å². The van der Waals surface area contributed by atoms with E-state index in [-0.39, 0.29) is 30.5 Å². The van der Waals surface area contributed by atoms with Gasteiger partial charge in [0.25, 0.3) is 0 Å². The number of sulfonamides is 1. The van der Waals surface area contributed by atoms with E-state index in [4.69, 9.17) is 11.6 Å². The fourth-order valence-corrected chi connectivity index (χ4v) is 3.99. The van der Waals surface area contributed by atoms with Crippen molar-refractivity contribution in [2.45, 2.75) is 17.5 Å². The highest BCUT2D eigenvalue weighted by molar-refractivity contribution is 7.89. The minimum absolute atomic E-state index is 0. The number of benzene rings is 1. The number of nitrogens with zero attached hydrogens (tertiary/aromatic N) is 1. The molecule has 10 heteroatoms. The Morgan fingerprint density at radius 3 is 2.50 bits per heavy atom. The zero-order valence-corrected chi connectivity index (χ0v) is 13.7. The van der Waals surface area contributed by atoms with Crippen LogP contribution in [-0.4, -0.2) is 38.9 Å². The van der Waals surface area contributed by atoms with Gasteiger partial charge >= 0.3 is 6.18 Å². The van der Waals surface area contributed by atoms with Gasteiger partial charge < -0.3 is 5.32 Å². The molecule has 1 aliphatic heterocycles. The molecule has 0 bridgehead atoms. The van der Waals surface area contributed by atoms with Gasteiger partial charge in [0.1, 0.15) is 0 Å². The molecule has 1 aliphatic rings. The molecule has 0 radical (unpaired) electrons. The summed E-state index contributed by atoms with van der Waals surface area (Å²) in [6.07, 6.45) is -4.23. The number of rotatable bonds is 2. The van der Waals surface area contributed by atoms with E-state index in [1.807, 2.05) is 0 Å². The lowest BCUT2D eigenvalue weighted by atomic mass is 10.2. The third-order valence-corrected chi connectivity index (χ3v) is 5.36. The molecule has 2 rings (SSSR count). The number of hydrogen-bond donors (Lipinski definition) is 1. The van der Waals surface area contributed by atoms with Gasteiger partial charge in [0.05, 0.1) is 10.5 Å². The van der Waals surface area contributed by atoms with Crippen LogP contribution in [0.2, 0.25) is 5.02 Å². The topological polar surface area (TPSA) is 49.4 Å². The summed E-state index contributed by atoms with van der Waals surface area (Å²) < 4.78 is 65.2. The molecule has 4 nitrogen and oxygen atoms in total. The summed E-state index contributed by atoms with van der Waals surface area (Å²) in [4.78, 5) is -0.749. The van der Waals surface area contributed by atoms with Crippen molar-refractivity contribution in [1.29, 1.82) is 0 Å². The SMILES string of the molecule is Cl.O=S(=O)(c1ccc(Cl)cc1C(F)(F)F)N1CCCNCC1. The van der Waals surface area contributed by atoms with Crippen LogP contribution in [0.1, 0.15) is 12.0 Å². The van der Waals surface area contributed by atoms with Gasteiger partial charge in [-0.15, -0.1) is 12.4 Å². The molecule has 0 aliphatic carbocycles. The van der Waals surface area contributed by atoms with E-state index < -0.39 is 26.7 Å². The first kappa shape index (κ1) is 19.5. The molecule has 0 amide bonds. The van der Waals surface area contributed by atoms with Gasteiger partial charge in [-0.2, -0.15) is 17.5 Å². The Morgan fingerprint density at radius 2 is 1.86 bits per heavy atom. The van der Waals surface area contributed by atoms with Gasteiger partial charge in [-0.3, -0.25) is 0 Å². The maximum absolute atomic E-state index is 13.1. The second-order valence-electron chi connectivity index (χ2n) is 4.65. The normalized spacial score (nSPS) is 17.6. The Morgan fingerprint density at radius 1 is 1.18 bits per heavy atom. The maximum atomic E-state index is 13.1. The molecule has 0 atom stereocenters. The van der Waals surface area contributed by atoms with Crippen molar-refractivity contribution in [3.05, 3.63) is 28.8 Å². The Balaban J connectivity index is 0.00000242. The molecule has 0 saturated carbocycles. The average Bonchev–Trinajstić information content (AvgIpc) is 2.66. The third-order valence-electron chi connectivity index (χ3n) is 3.16. The standard InChI is InChI=1S/C12H14ClF3N2O2S.ClH/c13-9-2-3-11(10(8-9)12(14,15)16)21(19,20)18-6-1-4-17-5-7-18;/h2-3,8,17H,1,4-7H2;1H. The largest absolute Gasteiger partial charge is 0.417 e. The molecule has 1 fully saturated rings. The van der Waals surface area contributed by atoms with Crippen LogP contribution < -0.4 is 5.32 Å². The lowest BCUT2D eigenvalue weighted by molar-refractivity contribution is -0.139. The Bertz CT molecular complexity index is 615. The Kier molecular flexibility index (Phi) is 6.52. The highest BCUT2D eigenvalue weighted by Crippen LogP contribution is 2.36. The van der Waals surface area contributed by atoms with E-state index in [0.29, 0.717) is 25.6 Å². The lowest BCUT2D eigenvalue weighted by Gasteiger charge is -2.22. The van der Waals surface area contributed by atoms with Gasteiger partial charge in [-0.05, 0) is 31.2 Å². The summed E-state index contributed by atoms with van der Waals surface area (Å²) in [5.74, 6) is 0. The van der Waals surface area contributed by atoms with Crippen LogP contribution in [-0.2, 0) is 16.2 Å². The number of alkyl halides is 3. The van der Waals surface area contributed by atoms with Crippen LogP contribution in [0.15, 0.2) is 23.1 Å². The fourth-order valence-electron chi connectivity index (χ4n) is 2.15. The monoisotopic (exact) mass is 378 g/mol. The van der Waals surface area contributed by atoms with E-state index >= 15 is 0 Å². The second-order valence-corrected chi connectivity index (χ2v) is 6.99. The highest BCUT2D eigenvalue weighted by atomic mass is 35.5. The van der Waals surface area contributed by atoms with Gasteiger partial charge in [0.15, 0.2) is 0 Å². The van der Waals surface area contributed by atoms with Gasteiger partial charge in [-0.25, -0.2) is 8.42 Å². The quantitative estimate of drug-likeness (QED) is 0.860. The van der Waals surface area contributed by atoms with Crippen molar-refractivity contribution in [1.82, 2.24) is 9.62 Å². The minimum Gasteiger partial charge on any atom is -0.315 e. The molecule has 22 heavy (non-hydrogen) atoms. The fraction of sp³-hybridized carbons (Fsp3) is 0.500. The molecule has 1 aromatic rings. The van der Waals surface area contributed by atoms with Crippen LogP contribution in [0.5, 0.6) is 0 Å². The van der Waals surface area contributed by atoms with Crippen molar-refractivity contribution >= 4 is 34.0 Å². The number of nitrogens with one attached hydrogen (secondary N) is 1. The molecule has 126 valence electrons. The van der Waals surface area contributed by atoms with Crippen LogP contribution >= 0.6 is 24.0 Å². The smallest absolute Gasteiger partial charge is 0.315 e. The highest BCUT2D eigenvalue weighted by Gasteiger charge is 2.39. The van der Waals surface area contributed by atoms with Crippen molar-refractivity contribution in [2.24, 2.45) is 0 Å². The molecule has 1 aromatic carbocycles. The van der Waals surface area contributed by atoms with Crippen LogP contribution in [0.25, 0.3) is 0 Å². The molecule has 0 unspecified atom stereocenters. The summed E-state index contributed by atoms with van der Waals surface area (Å²) in [5, 5.41) is 2.85. The van der Waals surface area contributed by atoms with Gasteiger partial charge in [0, 0.05) is 24.7 Å². The first-order chi connectivity index (χ1) is 9.73. The number of hydrogen-bond acceptors (Lipinski definition) is 3. The maximum Gasteiger partial charge on any atom is 0.417 e. The predicted molar refractivity (Wildman–Crippen MR) is 79.9 cm³/mol. The van der Waals surface area contributed by atoms with E-state index in [2.05, 4.69) is 5.32 Å². The minimum atomic E-state index is -4.78. The predicted octanol–water partition coefficient (Wildman–Crippen LogP) is 2.76. The summed E-state index contributed by atoms with van der Waals surface area (Å²) >= 11 is 5.57. The Hall–Kier alpha value is -0.540.